The lowest BCUT2D eigenvalue weighted by atomic mass is 10.2. The van der Waals surface area contributed by atoms with Gasteiger partial charge in [-0.1, -0.05) is 5.21 Å². The molecule has 1 aliphatic rings. The van der Waals surface area contributed by atoms with Crippen molar-refractivity contribution in [2.75, 3.05) is 47.1 Å². The van der Waals surface area contributed by atoms with Gasteiger partial charge in [0, 0.05) is 20.2 Å². The van der Waals surface area contributed by atoms with Crippen LogP contribution in [0, 0.1) is 6.92 Å². The van der Waals surface area contributed by atoms with Crippen molar-refractivity contribution in [1.29, 1.82) is 0 Å². The zero-order valence-electron chi connectivity index (χ0n) is 12.7. The number of methoxy groups -OCH3 is 1. The molecule has 1 unspecified atom stereocenters. The normalized spacial score (nSPS) is 19.7. The monoisotopic (exact) mass is 298 g/mol. The molecule has 1 aliphatic heterocycles. The number of morpholine rings is 1. The van der Waals surface area contributed by atoms with E-state index < -0.39 is 5.97 Å². The van der Waals surface area contributed by atoms with Crippen LogP contribution in [-0.2, 0) is 20.8 Å². The van der Waals surface area contributed by atoms with E-state index in [0.29, 0.717) is 25.5 Å². The third kappa shape index (κ3) is 4.23. The largest absolute Gasteiger partial charge is 0.458 e. The number of esters is 1. The second-order valence-electron chi connectivity index (χ2n) is 5.09. The van der Waals surface area contributed by atoms with E-state index in [-0.39, 0.29) is 18.4 Å². The number of carbonyl (C=O) groups excluding carboxylic acids is 1. The summed E-state index contributed by atoms with van der Waals surface area (Å²) in [6.07, 6.45) is 0.0570. The molecule has 2 heterocycles. The Kier molecular flexibility index (Phi) is 5.66. The van der Waals surface area contributed by atoms with Crippen LogP contribution in [0.25, 0.3) is 0 Å². The predicted molar refractivity (Wildman–Crippen MR) is 74.2 cm³/mol. The zero-order chi connectivity index (χ0) is 15.2. The van der Waals surface area contributed by atoms with Gasteiger partial charge in [0.2, 0.25) is 0 Å². The van der Waals surface area contributed by atoms with Gasteiger partial charge >= 0.3 is 5.97 Å². The van der Waals surface area contributed by atoms with E-state index in [1.165, 1.54) is 0 Å². The fraction of sp³-hybridized carbons (Fsp3) is 0.769. The molecule has 1 fully saturated rings. The first kappa shape index (κ1) is 15.9. The summed E-state index contributed by atoms with van der Waals surface area (Å²) >= 11 is 0. The Labute approximate surface area is 123 Å². The molecule has 0 radical (unpaired) electrons. The molecule has 0 aliphatic carbocycles. The highest BCUT2D eigenvalue weighted by molar-refractivity contribution is 5.88. The zero-order valence-corrected chi connectivity index (χ0v) is 12.7. The van der Waals surface area contributed by atoms with Crippen LogP contribution in [0.15, 0.2) is 0 Å². The van der Waals surface area contributed by atoms with Gasteiger partial charge in [0.05, 0.1) is 31.6 Å². The van der Waals surface area contributed by atoms with E-state index in [4.69, 9.17) is 14.2 Å². The topological polar surface area (TPSA) is 78.7 Å². The van der Waals surface area contributed by atoms with Gasteiger partial charge in [-0.3, -0.25) is 0 Å². The fourth-order valence-corrected chi connectivity index (χ4v) is 2.18. The van der Waals surface area contributed by atoms with Gasteiger partial charge < -0.3 is 19.1 Å². The van der Waals surface area contributed by atoms with Gasteiger partial charge in [0.25, 0.3) is 0 Å². The first-order valence-electron chi connectivity index (χ1n) is 6.98. The molecule has 118 valence electrons. The number of nitrogens with zero attached hydrogens (tertiary/aromatic N) is 4. The van der Waals surface area contributed by atoms with Crippen molar-refractivity contribution in [3.63, 3.8) is 0 Å². The van der Waals surface area contributed by atoms with Crippen molar-refractivity contribution < 1.29 is 19.0 Å². The summed E-state index contributed by atoms with van der Waals surface area (Å²) in [5, 5.41) is 7.93. The van der Waals surface area contributed by atoms with Gasteiger partial charge in [-0.05, 0) is 14.0 Å². The van der Waals surface area contributed by atoms with Crippen LogP contribution in [-0.4, -0.2) is 79.0 Å². The van der Waals surface area contributed by atoms with Crippen molar-refractivity contribution in [3.05, 3.63) is 11.4 Å². The summed E-state index contributed by atoms with van der Waals surface area (Å²) in [7, 11) is 3.61. The van der Waals surface area contributed by atoms with Crippen molar-refractivity contribution in [1.82, 2.24) is 19.9 Å². The van der Waals surface area contributed by atoms with Gasteiger partial charge in [0.15, 0.2) is 5.69 Å². The Morgan fingerprint density at radius 3 is 3.00 bits per heavy atom. The molecular weight excluding hydrogens is 276 g/mol. The fourth-order valence-electron chi connectivity index (χ4n) is 2.18. The summed E-state index contributed by atoms with van der Waals surface area (Å²) in [6, 6.07) is 0. The average Bonchev–Trinajstić information content (AvgIpc) is 2.80. The van der Waals surface area contributed by atoms with E-state index in [9.17, 15) is 4.79 Å². The summed E-state index contributed by atoms with van der Waals surface area (Å²) in [5.74, 6) is -0.475. The van der Waals surface area contributed by atoms with E-state index in [1.54, 1.807) is 18.7 Å². The highest BCUT2D eigenvalue weighted by Crippen LogP contribution is 2.10. The van der Waals surface area contributed by atoms with E-state index >= 15 is 0 Å². The van der Waals surface area contributed by atoms with Crippen LogP contribution in [0.2, 0.25) is 0 Å². The third-order valence-corrected chi connectivity index (χ3v) is 3.41. The maximum atomic E-state index is 11.9. The first-order chi connectivity index (χ1) is 10.1. The summed E-state index contributed by atoms with van der Waals surface area (Å²) in [6.45, 7) is 5.44. The van der Waals surface area contributed by atoms with Crippen LogP contribution in [0.4, 0.5) is 0 Å². The quantitative estimate of drug-likeness (QED) is 0.528. The molecule has 1 aromatic heterocycles. The van der Waals surface area contributed by atoms with E-state index in [2.05, 4.69) is 22.3 Å². The lowest BCUT2D eigenvalue weighted by Crippen LogP contribution is -2.42. The molecule has 0 spiro atoms. The number of hydrogen-bond donors (Lipinski definition) is 0. The Balaban J connectivity index is 1.94. The molecule has 1 saturated heterocycles. The number of aromatic nitrogens is 3. The summed E-state index contributed by atoms with van der Waals surface area (Å²) in [4.78, 5) is 14.1. The van der Waals surface area contributed by atoms with Gasteiger partial charge in [-0.25, -0.2) is 9.48 Å². The van der Waals surface area contributed by atoms with Crippen LogP contribution in [0.1, 0.15) is 16.2 Å². The Morgan fingerprint density at radius 1 is 1.48 bits per heavy atom. The van der Waals surface area contributed by atoms with Crippen molar-refractivity contribution in [2.24, 2.45) is 0 Å². The van der Waals surface area contributed by atoms with Gasteiger partial charge in [0.1, 0.15) is 6.61 Å². The van der Waals surface area contributed by atoms with Crippen molar-refractivity contribution >= 4 is 5.97 Å². The molecule has 2 rings (SSSR count). The number of ether oxygens (including phenoxy) is 3. The van der Waals surface area contributed by atoms with Crippen molar-refractivity contribution in [3.8, 4) is 0 Å². The minimum Gasteiger partial charge on any atom is -0.458 e. The maximum Gasteiger partial charge on any atom is 0.360 e. The van der Waals surface area contributed by atoms with Gasteiger partial charge in [-0.2, -0.15) is 0 Å². The van der Waals surface area contributed by atoms with E-state index in [1.807, 2.05) is 0 Å². The molecule has 0 amide bonds. The Morgan fingerprint density at radius 2 is 2.29 bits per heavy atom. The SMILES string of the molecule is COCCOC(=O)c1nnn(CC2CN(C)CCO2)c1C. The van der Waals surface area contributed by atoms with Crippen LogP contribution in [0.3, 0.4) is 0 Å². The third-order valence-electron chi connectivity index (χ3n) is 3.41. The molecule has 1 aromatic rings. The van der Waals surface area contributed by atoms with Crippen LogP contribution >= 0.6 is 0 Å². The molecule has 0 bridgehead atoms. The van der Waals surface area contributed by atoms with E-state index in [0.717, 1.165) is 13.1 Å². The molecular formula is C13H22N4O4. The molecule has 21 heavy (non-hydrogen) atoms. The molecule has 0 N–H and O–H groups in total. The number of carbonyl (C=O) groups is 1. The van der Waals surface area contributed by atoms with Crippen LogP contribution in [0.5, 0.6) is 0 Å². The maximum absolute atomic E-state index is 11.9. The number of rotatable bonds is 6. The summed E-state index contributed by atoms with van der Waals surface area (Å²) < 4.78 is 17.3. The second kappa shape index (κ2) is 7.48. The second-order valence-corrected chi connectivity index (χ2v) is 5.09. The highest BCUT2D eigenvalue weighted by Gasteiger charge is 2.22. The molecule has 0 aromatic carbocycles. The molecule has 8 nitrogen and oxygen atoms in total. The molecule has 0 saturated carbocycles. The molecule has 8 heteroatoms. The average molecular weight is 298 g/mol. The van der Waals surface area contributed by atoms with Crippen molar-refractivity contribution in [2.45, 2.75) is 19.6 Å². The smallest absolute Gasteiger partial charge is 0.360 e. The molecule has 1 atom stereocenters. The lowest BCUT2D eigenvalue weighted by molar-refractivity contribution is -0.0295. The predicted octanol–water partition coefficient (Wildman–Crippen LogP) is -0.280. The van der Waals surface area contributed by atoms with Gasteiger partial charge in [-0.15, -0.1) is 5.10 Å². The standard InChI is InChI=1S/C13H22N4O4/c1-10-12(13(18)21-7-6-19-3)14-15-17(10)9-11-8-16(2)4-5-20-11/h11H,4-9H2,1-3H3. The van der Waals surface area contributed by atoms with Crippen LogP contribution < -0.4 is 0 Å². The number of hydrogen-bond acceptors (Lipinski definition) is 7. The minimum absolute atomic E-state index is 0.0570. The lowest BCUT2D eigenvalue weighted by Gasteiger charge is -2.29. The Bertz CT molecular complexity index is 477. The summed E-state index contributed by atoms with van der Waals surface area (Å²) in [5.41, 5.74) is 0.935. The highest BCUT2D eigenvalue weighted by atomic mass is 16.6. The number of likely N-dealkylation sites (N-methyl/N-ethyl adjacent to an activating group) is 1. The first-order valence-corrected chi connectivity index (χ1v) is 6.98. The minimum atomic E-state index is -0.475. The Hall–Kier alpha value is -1.51.